The third-order valence-corrected chi connectivity index (χ3v) is 9.59. The molecule has 7 nitrogen and oxygen atoms in total. The molecule has 1 aliphatic carbocycles. The molecule has 8 heteroatoms. The maximum absolute atomic E-state index is 17.3. The highest BCUT2D eigenvalue weighted by Crippen LogP contribution is 2.50. The first-order chi connectivity index (χ1) is 23.7. The van der Waals surface area contributed by atoms with Crippen molar-refractivity contribution in [3.63, 3.8) is 0 Å². The average Bonchev–Trinajstić information content (AvgIpc) is 3.06. The number of anilines is 5. The van der Waals surface area contributed by atoms with Crippen molar-refractivity contribution in [1.29, 1.82) is 0 Å². The predicted molar refractivity (Wildman–Crippen MR) is 202 cm³/mol. The van der Waals surface area contributed by atoms with Crippen LogP contribution in [0, 0.1) is 5.82 Å². The van der Waals surface area contributed by atoms with Gasteiger partial charge in [-0.1, -0.05) is 105 Å². The average molecular weight is 680 g/mol. The number of carbonyl (C=O) groups is 2. The van der Waals surface area contributed by atoms with Crippen LogP contribution in [0.4, 0.5) is 32.8 Å². The zero-order valence-electron chi connectivity index (χ0n) is 30.6. The van der Waals surface area contributed by atoms with Crippen molar-refractivity contribution in [1.82, 2.24) is 0 Å². The minimum absolute atomic E-state index is 0.0466. The largest absolute Gasteiger partial charge is 0.507 e. The quantitative estimate of drug-likeness (QED) is 0.0659. The smallest absolute Gasteiger partial charge is 0.201 e. The number of phenols is 2. The second kappa shape index (κ2) is 14.6. The molecule has 0 saturated heterocycles. The van der Waals surface area contributed by atoms with Crippen LogP contribution in [0.25, 0.3) is 0 Å². The van der Waals surface area contributed by atoms with E-state index in [1.165, 1.54) is 6.07 Å². The SMILES string of the molecule is CCCCNc1c(F)c2c(c(Nc3c(C(C)C)cccc3C(C)C)c1Nc1c(C(C)C)cccc1C(C)C)C(=O)c1c(O)ccc(O)c1C2=O. The lowest BCUT2D eigenvalue weighted by atomic mass is 9.80. The molecular weight excluding hydrogens is 629 g/mol. The van der Waals surface area contributed by atoms with Crippen molar-refractivity contribution in [2.45, 2.75) is 98.8 Å². The summed E-state index contributed by atoms with van der Waals surface area (Å²) in [5.41, 5.74) is 4.70. The number of para-hydroxylation sites is 2. The number of hydrogen-bond acceptors (Lipinski definition) is 7. The molecule has 1 aliphatic rings. The Balaban J connectivity index is 1.96. The van der Waals surface area contributed by atoms with Crippen molar-refractivity contribution in [3.8, 4) is 11.5 Å². The van der Waals surface area contributed by atoms with Crippen LogP contribution in [0.15, 0.2) is 48.5 Å². The molecule has 50 heavy (non-hydrogen) atoms. The normalized spacial score (nSPS) is 12.6. The second-order valence-electron chi connectivity index (χ2n) is 14.5. The zero-order chi connectivity index (χ0) is 36.6. The van der Waals surface area contributed by atoms with Gasteiger partial charge in [-0.3, -0.25) is 9.59 Å². The Morgan fingerprint density at radius 3 is 1.36 bits per heavy atom. The van der Waals surface area contributed by atoms with Gasteiger partial charge in [-0.2, -0.15) is 0 Å². The Hall–Kier alpha value is -4.85. The lowest BCUT2D eigenvalue weighted by Crippen LogP contribution is -2.26. The summed E-state index contributed by atoms with van der Waals surface area (Å²) in [7, 11) is 0. The lowest BCUT2D eigenvalue weighted by Gasteiger charge is -2.31. The third kappa shape index (κ3) is 6.43. The number of benzene rings is 4. The van der Waals surface area contributed by atoms with Crippen LogP contribution in [0.2, 0.25) is 0 Å². The van der Waals surface area contributed by atoms with Crippen molar-refractivity contribution in [2.75, 3.05) is 22.5 Å². The van der Waals surface area contributed by atoms with Gasteiger partial charge in [0.25, 0.3) is 0 Å². The van der Waals surface area contributed by atoms with Gasteiger partial charge in [0.1, 0.15) is 11.5 Å². The van der Waals surface area contributed by atoms with Crippen LogP contribution in [-0.2, 0) is 0 Å². The standard InChI is InChI=1S/C42H50FN3O4/c1-10-11-20-44-39-35(43)33-34(42(50)32-30(48)19-18-29(47)31(32)41(33)49)38(45-36-25(21(2)3)14-12-15-26(36)22(4)5)40(39)46-37-27(23(6)7)16-13-17-28(37)24(8)9/h12-19,21-24,44-48H,10-11,20H2,1-9H3. The van der Waals surface area contributed by atoms with Crippen LogP contribution >= 0.6 is 0 Å². The highest BCUT2D eigenvalue weighted by Gasteiger charge is 2.41. The van der Waals surface area contributed by atoms with Crippen molar-refractivity contribution >= 4 is 40.0 Å². The molecular formula is C42H50FN3O4. The van der Waals surface area contributed by atoms with E-state index in [4.69, 9.17) is 0 Å². The van der Waals surface area contributed by atoms with E-state index in [0.29, 0.717) is 6.54 Å². The van der Waals surface area contributed by atoms with E-state index in [9.17, 15) is 19.8 Å². The molecule has 0 radical (unpaired) electrons. The number of unbranched alkanes of at least 4 members (excludes halogenated alkanes) is 1. The van der Waals surface area contributed by atoms with Crippen molar-refractivity contribution in [3.05, 3.63) is 98.9 Å². The van der Waals surface area contributed by atoms with Gasteiger partial charge in [0.2, 0.25) is 11.6 Å². The Labute approximate surface area is 295 Å². The number of phenolic OH excluding ortho intramolecular Hbond substituents is 2. The van der Waals surface area contributed by atoms with Gasteiger partial charge >= 0.3 is 0 Å². The highest BCUT2D eigenvalue weighted by atomic mass is 19.1. The predicted octanol–water partition coefficient (Wildman–Crippen LogP) is 11.2. The molecule has 4 aromatic rings. The third-order valence-electron chi connectivity index (χ3n) is 9.59. The van der Waals surface area contributed by atoms with E-state index in [-0.39, 0.29) is 51.9 Å². The van der Waals surface area contributed by atoms with E-state index in [1.807, 2.05) is 43.3 Å². The topological polar surface area (TPSA) is 111 Å². The van der Waals surface area contributed by atoms with E-state index in [2.05, 4.69) is 71.3 Å². The van der Waals surface area contributed by atoms with Gasteiger partial charge in [-0.25, -0.2) is 4.39 Å². The molecule has 0 amide bonds. The van der Waals surface area contributed by atoms with E-state index in [0.717, 1.165) is 52.5 Å². The highest BCUT2D eigenvalue weighted by molar-refractivity contribution is 6.33. The number of nitrogens with one attached hydrogen (secondary N) is 3. The molecule has 5 N–H and O–H groups in total. The van der Waals surface area contributed by atoms with Crippen molar-refractivity contribution < 1.29 is 24.2 Å². The summed E-state index contributed by atoms with van der Waals surface area (Å²) in [5, 5.41) is 32.3. The van der Waals surface area contributed by atoms with E-state index < -0.39 is 40.0 Å². The molecule has 5 rings (SSSR count). The monoisotopic (exact) mass is 679 g/mol. The fourth-order valence-electron chi connectivity index (χ4n) is 6.90. The molecule has 0 unspecified atom stereocenters. The molecule has 0 atom stereocenters. The van der Waals surface area contributed by atoms with Gasteiger partial charge in [0.05, 0.1) is 39.3 Å². The molecule has 0 spiro atoms. The number of ketones is 2. The second-order valence-corrected chi connectivity index (χ2v) is 14.5. The lowest BCUT2D eigenvalue weighted by molar-refractivity contribution is 0.0971. The number of fused-ring (bicyclic) bond motifs is 2. The molecule has 0 fully saturated rings. The van der Waals surface area contributed by atoms with E-state index >= 15 is 4.39 Å². The molecule has 0 saturated carbocycles. The number of hydrogen-bond donors (Lipinski definition) is 5. The zero-order valence-corrected chi connectivity index (χ0v) is 30.6. The Morgan fingerprint density at radius 1 is 0.560 bits per heavy atom. The summed E-state index contributed by atoms with van der Waals surface area (Å²) in [5.74, 6) is -3.12. The van der Waals surface area contributed by atoms with Crippen molar-refractivity contribution in [2.24, 2.45) is 0 Å². The Kier molecular flexibility index (Phi) is 10.6. The Morgan fingerprint density at radius 2 is 0.960 bits per heavy atom. The molecule has 264 valence electrons. The first-order valence-corrected chi connectivity index (χ1v) is 17.8. The summed E-state index contributed by atoms with van der Waals surface area (Å²) in [6.07, 6.45) is 1.58. The fraction of sp³-hybridized carbons (Fsp3) is 0.381. The minimum Gasteiger partial charge on any atom is -0.507 e. The summed E-state index contributed by atoms with van der Waals surface area (Å²) in [4.78, 5) is 29.0. The molecule has 0 aliphatic heterocycles. The summed E-state index contributed by atoms with van der Waals surface area (Å²) in [6.45, 7) is 19.2. The van der Waals surface area contributed by atoms with Crippen LogP contribution in [0.1, 0.15) is 153 Å². The van der Waals surface area contributed by atoms with Gasteiger partial charge in [-0.05, 0) is 64.5 Å². The molecule has 0 bridgehead atoms. The van der Waals surface area contributed by atoms with E-state index in [1.54, 1.807) is 0 Å². The number of carbonyl (C=O) groups excluding carboxylic acids is 2. The fourth-order valence-corrected chi connectivity index (χ4v) is 6.90. The van der Waals surface area contributed by atoms with Gasteiger partial charge in [0.15, 0.2) is 5.82 Å². The molecule has 0 aromatic heterocycles. The van der Waals surface area contributed by atoms with Crippen LogP contribution in [0.5, 0.6) is 11.5 Å². The summed E-state index contributed by atoms with van der Waals surface area (Å²) in [6, 6.07) is 14.5. The van der Waals surface area contributed by atoms with Crippen LogP contribution in [0.3, 0.4) is 0 Å². The maximum atomic E-state index is 17.3. The van der Waals surface area contributed by atoms with Crippen LogP contribution < -0.4 is 16.0 Å². The van der Waals surface area contributed by atoms with Crippen LogP contribution in [-0.4, -0.2) is 28.3 Å². The van der Waals surface area contributed by atoms with Gasteiger partial charge in [0, 0.05) is 17.9 Å². The number of halogens is 1. The first kappa shape index (κ1) is 36.4. The summed E-state index contributed by atoms with van der Waals surface area (Å²) >= 11 is 0. The molecule has 0 heterocycles. The number of aromatic hydroxyl groups is 2. The number of rotatable bonds is 12. The van der Waals surface area contributed by atoms with Gasteiger partial charge < -0.3 is 26.2 Å². The minimum atomic E-state index is -0.898. The Bertz CT molecular complexity index is 1910. The molecule has 4 aromatic carbocycles. The first-order valence-electron chi connectivity index (χ1n) is 17.8. The van der Waals surface area contributed by atoms with Gasteiger partial charge in [-0.15, -0.1) is 0 Å². The maximum Gasteiger partial charge on any atom is 0.201 e. The summed E-state index contributed by atoms with van der Waals surface area (Å²) < 4.78 is 17.3.